The van der Waals surface area contributed by atoms with Gasteiger partial charge in [-0.25, -0.2) is 9.78 Å². The van der Waals surface area contributed by atoms with Gasteiger partial charge < -0.3 is 15.2 Å². The van der Waals surface area contributed by atoms with E-state index in [-0.39, 0.29) is 17.2 Å². The van der Waals surface area contributed by atoms with Gasteiger partial charge in [-0.2, -0.15) is 0 Å². The van der Waals surface area contributed by atoms with Crippen LogP contribution in [0.25, 0.3) is 0 Å². The maximum Gasteiger partial charge on any atom is 0.351 e. The Kier molecular flexibility index (Phi) is 6.03. The molecular weight excluding hydrogens is 288 g/mol. The van der Waals surface area contributed by atoms with Crippen molar-refractivity contribution in [2.24, 2.45) is 5.41 Å². The topological polar surface area (TPSA) is 71.5 Å². The fourth-order valence-corrected chi connectivity index (χ4v) is 2.66. The third kappa shape index (κ3) is 4.97. The number of rotatable bonds is 7. The van der Waals surface area contributed by atoms with Gasteiger partial charge in [-0.1, -0.05) is 36.8 Å². The van der Waals surface area contributed by atoms with Gasteiger partial charge in [-0.15, -0.1) is 0 Å². The van der Waals surface area contributed by atoms with Crippen molar-refractivity contribution in [1.29, 1.82) is 0 Å². The van der Waals surface area contributed by atoms with Gasteiger partial charge in [0.05, 0.1) is 7.11 Å². The van der Waals surface area contributed by atoms with Crippen LogP contribution in [0.2, 0.25) is 5.15 Å². The van der Waals surface area contributed by atoms with E-state index >= 15 is 0 Å². The summed E-state index contributed by atoms with van der Waals surface area (Å²) in [6, 6.07) is 0. The molecule has 0 saturated heterocycles. The van der Waals surface area contributed by atoms with Crippen LogP contribution in [0.4, 0.5) is 5.13 Å². The zero-order valence-corrected chi connectivity index (χ0v) is 12.9. The Morgan fingerprint density at radius 1 is 1.58 bits per heavy atom. The van der Waals surface area contributed by atoms with Crippen molar-refractivity contribution in [2.75, 3.05) is 25.6 Å². The molecule has 0 radical (unpaired) electrons. The van der Waals surface area contributed by atoms with Crippen molar-refractivity contribution in [3.05, 3.63) is 10.0 Å². The summed E-state index contributed by atoms with van der Waals surface area (Å²) in [7, 11) is 1.31. The lowest BCUT2D eigenvalue weighted by Crippen LogP contribution is -2.23. The Morgan fingerprint density at radius 3 is 2.84 bits per heavy atom. The summed E-state index contributed by atoms with van der Waals surface area (Å²) in [6.45, 7) is 5.09. The fraction of sp³-hybridized carbons (Fsp3) is 0.667. The van der Waals surface area contributed by atoms with Gasteiger partial charge in [0.25, 0.3) is 0 Å². The first-order valence-electron chi connectivity index (χ1n) is 5.99. The number of ether oxygens (including phenoxy) is 1. The second-order valence-electron chi connectivity index (χ2n) is 4.98. The Hall–Kier alpha value is -0.850. The standard InChI is InChI=1S/C12H19ClN2O3S/c1-12(2,5-4-6-16)7-14-11-15-9(13)8(19-11)10(17)18-3/h16H,4-7H2,1-3H3,(H,14,15). The molecule has 1 aromatic rings. The molecule has 1 aromatic heterocycles. The molecule has 1 rings (SSSR count). The van der Waals surface area contributed by atoms with Crippen molar-refractivity contribution in [3.63, 3.8) is 0 Å². The number of hydrogen-bond donors (Lipinski definition) is 2. The normalized spacial score (nSPS) is 11.4. The summed E-state index contributed by atoms with van der Waals surface area (Å²) < 4.78 is 4.62. The molecule has 0 spiro atoms. The molecule has 0 bridgehead atoms. The molecule has 1 heterocycles. The van der Waals surface area contributed by atoms with E-state index in [0.717, 1.165) is 12.8 Å². The molecule has 0 aromatic carbocycles. The molecule has 19 heavy (non-hydrogen) atoms. The molecule has 0 aliphatic carbocycles. The third-order valence-electron chi connectivity index (χ3n) is 2.69. The molecule has 0 aliphatic rings. The summed E-state index contributed by atoms with van der Waals surface area (Å²) in [5.74, 6) is -0.477. The molecule has 108 valence electrons. The smallest absolute Gasteiger partial charge is 0.351 e. The average Bonchev–Trinajstić information content (AvgIpc) is 2.75. The third-order valence-corrected chi connectivity index (χ3v) is 4.07. The van der Waals surface area contributed by atoms with E-state index < -0.39 is 5.97 Å². The summed E-state index contributed by atoms with van der Waals surface area (Å²) in [6.07, 6.45) is 1.67. The largest absolute Gasteiger partial charge is 0.465 e. The van der Waals surface area contributed by atoms with Crippen molar-refractivity contribution >= 4 is 34.0 Å². The van der Waals surface area contributed by atoms with Gasteiger partial charge in [-0.05, 0) is 18.3 Å². The summed E-state index contributed by atoms with van der Waals surface area (Å²) in [5, 5.41) is 12.8. The van der Waals surface area contributed by atoms with Gasteiger partial charge in [0.1, 0.15) is 0 Å². The Balaban J connectivity index is 2.61. The number of carbonyl (C=O) groups excluding carboxylic acids is 1. The van der Waals surface area contributed by atoms with Crippen molar-refractivity contribution in [1.82, 2.24) is 4.98 Å². The molecule has 0 unspecified atom stereocenters. The van der Waals surface area contributed by atoms with E-state index in [1.54, 1.807) is 0 Å². The first-order chi connectivity index (χ1) is 8.89. The van der Waals surface area contributed by atoms with E-state index in [2.05, 4.69) is 28.9 Å². The minimum absolute atomic E-state index is 0.0340. The quantitative estimate of drug-likeness (QED) is 0.758. The predicted molar refractivity (Wildman–Crippen MR) is 77.1 cm³/mol. The molecule has 0 aliphatic heterocycles. The molecular formula is C12H19ClN2O3S. The van der Waals surface area contributed by atoms with Gasteiger partial charge >= 0.3 is 5.97 Å². The zero-order valence-electron chi connectivity index (χ0n) is 11.3. The first-order valence-corrected chi connectivity index (χ1v) is 7.18. The zero-order chi connectivity index (χ0) is 14.5. The molecule has 7 heteroatoms. The van der Waals surface area contributed by atoms with E-state index in [0.29, 0.717) is 16.6 Å². The summed E-state index contributed by atoms with van der Waals surface area (Å²) >= 11 is 7.06. The number of halogens is 1. The van der Waals surface area contributed by atoms with Crippen LogP contribution in [0.5, 0.6) is 0 Å². The highest BCUT2D eigenvalue weighted by Crippen LogP contribution is 2.29. The number of nitrogens with one attached hydrogen (secondary N) is 1. The van der Waals surface area contributed by atoms with E-state index in [9.17, 15) is 4.79 Å². The van der Waals surface area contributed by atoms with E-state index in [4.69, 9.17) is 16.7 Å². The van der Waals surface area contributed by atoms with Crippen LogP contribution >= 0.6 is 22.9 Å². The number of hydrogen-bond acceptors (Lipinski definition) is 6. The molecule has 0 atom stereocenters. The first kappa shape index (κ1) is 16.2. The number of aromatic nitrogens is 1. The van der Waals surface area contributed by atoms with Gasteiger partial charge in [-0.3, -0.25) is 0 Å². The van der Waals surface area contributed by atoms with Crippen LogP contribution in [0.1, 0.15) is 36.4 Å². The number of anilines is 1. The van der Waals surface area contributed by atoms with Crippen molar-refractivity contribution < 1.29 is 14.6 Å². The van der Waals surface area contributed by atoms with Crippen LogP contribution in [0.15, 0.2) is 0 Å². The van der Waals surface area contributed by atoms with Crippen LogP contribution < -0.4 is 5.32 Å². The lowest BCUT2D eigenvalue weighted by molar-refractivity contribution is 0.0606. The molecule has 0 amide bonds. The second-order valence-corrected chi connectivity index (χ2v) is 6.33. The van der Waals surface area contributed by atoms with Crippen LogP contribution in [0.3, 0.4) is 0 Å². The van der Waals surface area contributed by atoms with Crippen LogP contribution in [-0.2, 0) is 4.74 Å². The summed E-state index contributed by atoms with van der Waals surface area (Å²) in [4.78, 5) is 15.8. The maximum absolute atomic E-state index is 11.4. The molecule has 5 nitrogen and oxygen atoms in total. The number of nitrogens with zero attached hydrogens (tertiary/aromatic N) is 1. The fourth-order valence-electron chi connectivity index (χ4n) is 1.56. The minimum atomic E-state index is -0.477. The number of aliphatic hydroxyl groups is 1. The lowest BCUT2D eigenvalue weighted by atomic mass is 9.88. The SMILES string of the molecule is COC(=O)c1sc(NCC(C)(C)CCCO)nc1Cl. The van der Waals surface area contributed by atoms with E-state index in [1.165, 1.54) is 18.4 Å². The Labute approximate surface area is 121 Å². The van der Waals surface area contributed by atoms with Gasteiger partial charge in [0.15, 0.2) is 15.2 Å². The number of aliphatic hydroxyl groups excluding tert-OH is 1. The monoisotopic (exact) mass is 306 g/mol. The van der Waals surface area contributed by atoms with E-state index in [1.807, 2.05) is 0 Å². The highest BCUT2D eigenvalue weighted by Gasteiger charge is 2.20. The minimum Gasteiger partial charge on any atom is -0.465 e. The second kappa shape index (κ2) is 7.07. The molecule has 2 N–H and O–H groups in total. The Bertz CT molecular complexity index is 435. The summed E-state index contributed by atoms with van der Waals surface area (Å²) in [5.41, 5.74) is 0.0340. The molecule has 0 saturated carbocycles. The lowest BCUT2D eigenvalue weighted by Gasteiger charge is -2.24. The number of esters is 1. The predicted octanol–water partition coefficient (Wildman–Crippen LogP) is 2.79. The van der Waals surface area contributed by atoms with Crippen molar-refractivity contribution in [2.45, 2.75) is 26.7 Å². The highest BCUT2D eigenvalue weighted by atomic mass is 35.5. The number of methoxy groups -OCH3 is 1. The van der Waals surface area contributed by atoms with Gasteiger partial charge in [0.2, 0.25) is 0 Å². The number of carbonyl (C=O) groups is 1. The highest BCUT2D eigenvalue weighted by molar-refractivity contribution is 7.18. The average molecular weight is 307 g/mol. The maximum atomic E-state index is 11.4. The van der Waals surface area contributed by atoms with Gasteiger partial charge in [0, 0.05) is 13.2 Å². The number of thiazole rings is 1. The van der Waals surface area contributed by atoms with Crippen molar-refractivity contribution in [3.8, 4) is 0 Å². The molecule has 0 fully saturated rings. The van der Waals surface area contributed by atoms with Crippen LogP contribution in [-0.4, -0.2) is 36.3 Å². The van der Waals surface area contributed by atoms with Crippen LogP contribution in [0, 0.1) is 5.41 Å². The Morgan fingerprint density at radius 2 is 2.26 bits per heavy atom.